The van der Waals surface area contributed by atoms with Crippen molar-refractivity contribution in [2.75, 3.05) is 10.6 Å². The highest BCUT2D eigenvalue weighted by Gasteiger charge is 2.26. The number of nitrogens with zero attached hydrogens (tertiary/aromatic N) is 3. The number of aryl methyl sites for hydroxylation is 2. The number of aliphatic hydroxyl groups is 2. The standard InChI is InChI=1S/C32H34N4O4S.C24H29N3O4S/c1-22-31(40-21-23-9-8-10-27(17-23)33-5)29(20-37)25(18-34-22)19-35-26-15-13-24(14-16-26)28-11-6-7-12-30(28)41(38,39)36-32(2,3)4;1-16-23(29)21(15-28)18(13-25-16)14-26-19-11-9-17(10-12-19)20-7-5-6-8-22(20)32(30,31)27-24(2,3)4/h6-18,35-37H,19-21H2,1-4H3;5-13,26-29H,14-15H2,1-4H3. The quantitative estimate of drug-likeness (QED) is 0.0424. The van der Waals surface area contributed by atoms with Gasteiger partial charge in [-0.2, -0.15) is 0 Å². The lowest BCUT2D eigenvalue weighted by Crippen LogP contribution is -2.40. The maximum atomic E-state index is 13.1. The van der Waals surface area contributed by atoms with E-state index in [4.69, 9.17) is 11.3 Å². The Bertz CT molecular complexity index is 3310. The molecule has 17 heteroatoms. The summed E-state index contributed by atoms with van der Waals surface area (Å²) in [5.74, 6) is 0.529. The Kier molecular flexibility index (Phi) is 17.8. The lowest BCUT2D eigenvalue weighted by Gasteiger charge is -2.21. The van der Waals surface area contributed by atoms with Gasteiger partial charge in [0.2, 0.25) is 20.0 Å². The number of sulfonamides is 2. The topological polar surface area (TPSA) is 216 Å². The average molecular weight is 1030 g/mol. The summed E-state index contributed by atoms with van der Waals surface area (Å²) >= 11 is 0. The molecule has 2 heterocycles. The summed E-state index contributed by atoms with van der Waals surface area (Å²) in [7, 11) is -7.40. The maximum absolute atomic E-state index is 13.1. The molecule has 0 radical (unpaired) electrons. The Balaban J connectivity index is 0.000000246. The van der Waals surface area contributed by atoms with E-state index < -0.39 is 31.1 Å². The van der Waals surface area contributed by atoms with E-state index in [1.165, 1.54) is 0 Å². The van der Waals surface area contributed by atoms with Crippen LogP contribution in [0.15, 0.2) is 144 Å². The van der Waals surface area contributed by atoms with Crippen LogP contribution in [-0.2, 0) is 53.0 Å². The molecule has 0 unspecified atom stereocenters. The molecule has 0 atom stereocenters. The Morgan fingerprint density at radius 1 is 0.603 bits per heavy atom. The zero-order valence-electron chi connectivity index (χ0n) is 42.3. The minimum atomic E-state index is -3.72. The molecule has 0 aliphatic carbocycles. The second-order valence-corrected chi connectivity index (χ2v) is 22.6. The number of hydrogen-bond acceptors (Lipinski definition) is 12. The van der Waals surface area contributed by atoms with E-state index in [-0.39, 0.29) is 35.4 Å². The highest BCUT2D eigenvalue weighted by Crippen LogP contribution is 2.33. The van der Waals surface area contributed by atoms with Crippen molar-refractivity contribution in [3.8, 4) is 33.8 Å². The normalized spacial score (nSPS) is 11.8. The fourth-order valence-corrected chi connectivity index (χ4v) is 11.1. The molecule has 0 amide bonds. The van der Waals surface area contributed by atoms with Crippen LogP contribution in [0.1, 0.15) is 80.7 Å². The third-order valence-corrected chi connectivity index (χ3v) is 14.8. The molecule has 7 aromatic rings. The molecule has 0 bridgehead atoms. The van der Waals surface area contributed by atoms with Crippen LogP contribution in [0.4, 0.5) is 17.1 Å². The van der Waals surface area contributed by atoms with Crippen LogP contribution in [-0.4, -0.2) is 53.2 Å². The van der Waals surface area contributed by atoms with Gasteiger partial charge in [0.1, 0.15) is 18.1 Å². The zero-order valence-corrected chi connectivity index (χ0v) is 43.9. The van der Waals surface area contributed by atoms with Crippen LogP contribution in [0.5, 0.6) is 11.5 Å². The first-order valence-corrected chi connectivity index (χ1v) is 26.4. The summed E-state index contributed by atoms with van der Waals surface area (Å²) in [5, 5.41) is 36.5. The van der Waals surface area contributed by atoms with E-state index in [0.717, 1.165) is 33.6 Å². The number of benzene rings is 5. The van der Waals surface area contributed by atoms with Crippen molar-refractivity contribution in [1.29, 1.82) is 0 Å². The van der Waals surface area contributed by atoms with Crippen LogP contribution in [0.3, 0.4) is 0 Å². The summed E-state index contributed by atoms with van der Waals surface area (Å²) in [4.78, 5) is 12.5. The Hall–Kier alpha value is -7.17. The van der Waals surface area contributed by atoms with E-state index in [2.05, 4.69) is 34.9 Å². The van der Waals surface area contributed by atoms with Crippen molar-refractivity contribution >= 4 is 37.1 Å². The van der Waals surface area contributed by atoms with Gasteiger partial charge in [0.15, 0.2) is 5.69 Å². The van der Waals surface area contributed by atoms with Gasteiger partial charge in [-0.3, -0.25) is 9.97 Å². The molecule has 2 aromatic heterocycles. The van der Waals surface area contributed by atoms with Gasteiger partial charge in [0.25, 0.3) is 0 Å². The van der Waals surface area contributed by atoms with Crippen LogP contribution >= 0.6 is 0 Å². The average Bonchev–Trinajstić information content (AvgIpc) is 3.35. The first-order chi connectivity index (χ1) is 34.5. The van der Waals surface area contributed by atoms with Crippen molar-refractivity contribution in [1.82, 2.24) is 19.4 Å². The smallest absolute Gasteiger partial charge is 0.241 e. The second-order valence-electron chi connectivity index (χ2n) is 19.3. The number of rotatable bonds is 17. The monoisotopic (exact) mass is 1030 g/mol. The largest absolute Gasteiger partial charge is 0.506 e. The molecule has 7 N–H and O–H groups in total. The lowest BCUT2D eigenvalue weighted by molar-refractivity contribution is 0.256. The van der Waals surface area contributed by atoms with Crippen molar-refractivity contribution in [2.24, 2.45) is 0 Å². The molecule has 0 fully saturated rings. The maximum Gasteiger partial charge on any atom is 0.241 e. The minimum absolute atomic E-state index is 0.00355. The molecule has 0 aliphatic heterocycles. The molecule has 0 aliphatic rings. The first-order valence-electron chi connectivity index (χ1n) is 23.4. The first kappa shape index (κ1) is 55.1. The van der Waals surface area contributed by atoms with Crippen molar-refractivity contribution in [3.63, 3.8) is 0 Å². The third-order valence-electron chi connectivity index (χ3n) is 11.2. The van der Waals surface area contributed by atoms with E-state index in [0.29, 0.717) is 63.7 Å². The molecule has 382 valence electrons. The molecule has 0 saturated carbocycles. The van der Waals surface area contributed by atoms with Crippen LogP contribution in [0.2, 0.25) is 0 Å². The molecular weight excluding hydrogens is 963 g/mol. The highest BCUT2D eigenvalue weighted by atomic mass is 32.2. The Morgan fingerprint density at radius 2 is 1.05 bits per heavy atom. The molecule has 5 aromatic carbocycles. The number of ether oxygens (including phenoxy) is 1. The predicted octanol–water partition coefficient (Wildman–Crippen LogP) is 10.3. The van der Waals surface area contributed by atoms with Crippen molar-refractivity contribution in [2.45, 2.75) is 109 Å². The van der Waals surface area contributed by atoms with E-state index in [1.54, 1.807) is 88.6 Å². The number of aromatic nitrogens is 2. The molecular formula is C56H63N7O8S2. The van der Waals surface area contributed by atoms with Gasteiger partial charge >= 0.3 is 0 Å². The molecule has 15 nitrogen and oxygen atoms in total. The van der Waals surface area contributed by atoms with Gasteiger partial charge in [-0.25, -0.2) is 31.1 Å². The lowest BCUT2D eigenvalue weighted by atomic mass is 10.0. The van der Waals surface area contributed by atoms with Crippen LogP contribution in [0.25, 0.3) is 27.1 Å². The van der Waals surface area contributed by atoms with Gasteiger partial charge in [0, 0.05) is 70.2 Å². The minimum Gasteiger partial charge on any atom is -0.506 e. The third kappa shape index (κ3) is 14.7. The summed E-state index contributed by atoms with van der Waals surface area (Å²) in [6.45, 7) is 22.1. The van der Waals surface area contributed by atoms with E-state index >= 15 is 0 Å². The summed E-state index contributed by atoms with van der Waals surface area (Å²) in [6.07, 6.45) is 3.35. The predicted molar refractivity (Wildman–Crippen MR) is 287 cm³/mol. The van der Waals surface area contributed by atoms with Crippen molar-refractivity contribution < 1.29 is 36.9 Å². The number of nitrogens with one attached hydrogen (secondary N) is 4. The molecule has 0 saturated heterocycles. The highest BCUT2D eigenvalue weighted by molar-refractivity contribution is 7.90. The molecule has 0 spiro atoms. The van der Waals surface area contributed by atoms with Gasteiger partial charge in [-0.1, -0.05) is 78.9 Å². The number of hydrogen-bond donors (Lipinski definition) is 7. The molecule has 73 heavy (non-hydrogen) atoms. The SMILES string of the molecule is Cc1ncc(CNc2ccc(-c3ccccc3S(=O)(=O)NC(C)(C)C)cc2)c(CO)c1O.[C-]#[N+]c1cccc(COc2c(C)ncc(CNc3ccc(-c4ccccc4S(=O)(=O)NC(C)(C)C)cc3)c2CO)c1. The van der Waals surface area contributed by atoms with Gasteiger partial charge < -0.3 is 30.7 Å². The van der Waals surface area contributed by atoms with E-state index in [1.807, 2.05) is 100 Å². The number of pyridine rings is 2. The Labute approximate surface area is 429 Å². The van der Waals surface area contributed by atoms with E-state index in [9.17, 15) is 32.2 Å². The summed E-state index contributed by atoms with van der Waals surface area (Å²) in [6, 6.07) is 36.0. The molecule has 7 rings (SSSR count). The Morgan fingerprint density at radius 3 is 1.51 bits per heavy atom. The van der Waals surface area contributed by atoms with Crippen LogP contribution in [0, 0.1) is 20.4 Å². The summed E-state index contributed by atoms with van der Waals surface area (Å²) < 4.78 is 63.4. The fraction of sp³-hybridized carbons (Fsp3) is 0.268. The number of aliphatic hydroxyl groups excluding tert-OH is 2. The number of aromatic hydroxyl groups is 1. The van der Waals surface area contributed by atoms with Gasteiger partial charge in [-0.15, -0.1) is 0 Å². The fourth-order valence-electron chi connectivity index (χ4n) is 7.80. The zero-order chi connectivity index (χ0) is 53.1. The second kappa shape index (κ2) is 23.6. The summed E-state index contributed by atoms with van der Waals surface area (Å²) in [5.41, 5.74) is 8.34. The van der Waals surface area contributed by atoms with Gasteiger partial charge in [0.05, 0.1) is 41.0 Å². The number of anilines is 2. The van der Waals surface area contributed by atoms with Crippen LogP contribution < -0.4 is 24.8 Å². The van der Waals surface area contributed by atoms with Crippen molar-refractivity contribution in [3.05, 3.63) is 184 Å². The van der Waals surface area contributed by atoms with Gasteiger partial charge in [-0.05, 0) is 126 Å².